The Bertz CT molecular complexity index is 7190. The van der Waals surface area contributed by atoms with Gasteiger partial charge in [0, 0.05) is 138 Å². The molecule has 0 unspecified atom stereocenters. The van der Waals surface area contributed by atoms with Crippen molar-refractivity contribution in [3.05, 3.63) is 403 Å². The van der Waals surface area contributed by atoms with Crippen LogP contribution in [0.2, 0.25) is 0 Å². The van der Waals surface area contributed by atoms with Crippen LogP contribution in [0.5, 0.6) is 0 Å². The summed E-state index contributed by atoms with van der Waals surface area (Å²) in [5.74, 6) is -1.85. The van der Waals surface area contributed by atoms with Crippen LogP contribution in [0.25, 0.3) is 43.1 Å². The number of nitrogens with zero attached hydrogens (tertiary/aromatic N) is 10. The number of aliphatic carboxylic acids is 2. The minimum absolute atomic E-state index is 0. The molecule has 0 fully saturated rings. The SMILES string of the molecule is CC1(C)/C(=C\C=C(/C#N)C=Nc2ccccc2)N(CCC(=O)[O-])c2ccc3ccccc3c21.CC1(C)C(/C=C/C(C#N)=C/Nc2ccccc2)=[N+](CCOC=O)c2ccc3ccccc3c21.CC1(C)C(/C=C/C(C#N)=C/Nc2ccccc2)=[N+](CCOC=O)c2ccc3ccccc3c21.CC1=[N+](CCC(=O)O)c2ccc3ccccc3c2C1(C)C.N#C/C(C=Nc1ccccc1)=C\Nc1ccccc1.[2H]CF.[Br-].[Br-].[Br-].[Na+].[Na+].[OH-]. The third-order valence-electron chi connectivity index (χ3n) is 25.0. The van der Waals surface area contributed by atoms with E-state index in [1.807, 2.05) is 217 Å². The normalized spacial score (nSPS) is 14.3. The number of hydrogen-bond donors (Lipinski definition) is 4. The molecule has 0 saturated heterocycles. The summed E-state index contributed by atoms with van der Waals surface area (Å²) < 4.78 is 32.1. The van der Waals surface area contributed by atoms with Crippen molar-refractivity contribution in [3.8, 4) is 24.3 Å². The maximum atomic E-state index is 11.3. The number of rotatable bonds is 29. The first-order valence-corrected chi connectivity index (χ1v) is 46.0. The Morgan fingerprint density at radius 2 is 0.769 bits per heavy atom. The summed E-state index contributed by atoms with van der Waals surface area (Å²) in [5.41, 5.74) is 18.6. The molecule has 147 heavy (non-hydrogen) atoms. The van der Waals surface area contributed by atoms with Gasteiger partial charge in [-0.25, -0.2) is 0 Å². The topological polar surface area (TPSA) is 328 Å². The molecule has 0 spiro atoms. The van der Waals surface area contributed by atoms with E-state index in [9.17, 15) is 44.5 Å². The fraction of sp³-hybridized carbons (Fsp3) is 0.185. The van der Waals surface area contributed by atoms with Crippen molar-refractivity contribution in [1.29, 1.82) is 21.0 Å². The molecule has 5 N–H and O–H groups in total. The first-order chi connectivity index (χ1) is 68.7. The number of carbonyl (C=O) groups is 4. The van der Waals surface area contributed by atoms with Crippen LogP contribution in [0.4, 0.5) is 55.6 Å². The number of nitriles is 4. The second kappa shape index (κ2) is 58.8. The fourth-order valence-corrected chi connectivity index (χ4v) is 18.1. The number of nitrogens with one attached hydrogen (secondary N) is 3. The molecule has 13 aromatic carbocycles. The standard InChI is InChI=1S/3C28H25N3O2.C18H19NO2.C16H13N3.CH3F.3BrH.2Na.H2O/c2*1-28(2)26(15-12-21(18-29)19-30-23-9-4-3-5-10-23)31(16-17-33-20-32)25-14-13-22-8-6-7-11-24(22)27(25)28;1-28(2)25(15-12-20(18-29)19-30-22-9-4-3-5-10-22)31(17-16-26(32)33)24-14-13-21-8-6-7-11-23(21)27(24)28;1-12-18(2,3)17-14-7-5-4-6-13(14)8-9-15(17)19(12)11-10-16(20)21;17-11-14(12-18-15-7-3-1-4-8-15)13-19-16-9-5-2-6-10-16;1-2;;;;;;/h2*3-15,19-20H,16-17H2,1-2H3;3-15,19H,16-17H2,1-2H3,(H,32,33);4-9H,10-11H2,1-3H3;1-10,12-13,18H;1H3;3*1H;;;1H2/q;;;;;;;;;2*+1;/p-2/b;;20-12+,25-15+,30-19?;;14-12+,19-13?;;;;;;;/i;;;;;1D;;;;;;. The van der Waals surface area contributed by atoms with Gasteiger partial charge in [-0.2, -0.15) is 34.8 Å². The Balaban J connectivity index is 0.000000282. The zero-order chi connectivity index (χ0) is 101. The number of alkyl halides is 1. The van der Waals surface area contributed by atoms with Crippen molar-refractivity contribution < 1.29 is 174 Å². The van der Waals surface area contributed by atoms with E-state index >= 15 is 0 Å². The first-order valence-electron chi connectivity index (χ1n) is 46.7. The van der Waals surface area contributed by atoms with Crippen LogP contribution in [0.1, 0.15) is 98.8 Å². The number of halogens is 4. The monoisotopic (exact) mass is 2170 g/mol. The number of ether oxygens (including phenoxy) is 2. The third kappa shape index (κ3) is 30.5. The molecule has 0 bridgehead atoms. The molecule has 738 valence electrons. The van der Waals surface area contributed by atoms with E-state index in [0.717, 1.165) is 84.6 Å². The number of fused-ring (bicyclic) bond motifs is 12. The van der Waals surface area contributed by atoms with E-state index in [1.54, 1.807) is 37.1 Å². The van der Waals surface area contributed by atoms with E-state index in [1.165, 1.54) is 54.7 Å². The number of carbonyl (C=O) groups excluding carboxylic acids is 3. The molecule has 13 aromatic rings. The van der Waals surface area contributed by atoms with Crippen LogP contribution in [-0.4, -0.2) is 125 Å². The van der Waals surface area contributed by atoms with Gasteiger partial charge >= 0.3 is 65.1 Å². The molecule has 17 rings (SSSR count). The first kappa shape index (κ1) is 120. The van der Waals surface area contributed by atoms with Crippen LogP contribution in [0, 0.1) is 45.3 Å². The molecular weight excluding hydrogens is 2060 g/mol. The molecule has 0 aliphatic carbocycles. The van der Waals surface area contributed by atoms with Crippen LogP contribution in [0.15, 0.2) is 390 Å². The van der Waals surface area contributed by atoms with Crippen LogP contribution >= 0.6 is 0 Å². The maximum Gasteiger partial charge on any atom is 1.00 e. The molecule has 0 amide bonds. The van der Waals surface area contributed by atoms with E-state index in [0.29, 0.717) is 54.9 Å². The van der Waals surface area contributed by atoms with Crippen LogP contribution in [-0.2, 0) is 50.3 Å². The maximum absolute atomic E-state index is 11.3. The van der Waals surface area contributed by atoms with Gasteiger partial charge in [-0.1, -0.05) is 208 Å². The van der Waals surface area contributed by atoms with Gasteiger partial charge < -0.3 is 102 Å². The summed E-state index contributed by atoms with van der Waals surface area (Å²) in [5, 5.41) is 77.2. The molecule has 0 saturated carbocycles. The van der Waals surface area contributed by atoms with Crippen molar-refractivity contribution in [2.24, 2.45) is 9.98 Å². The molecule has 0 radical (unpaired) electrons. The van der Waals surface area contributed by atoms with Gasteiger partial charge in [0.1, 0.15) is 43.9 Å². The van der Waals surface area contributed by atoms with Crippen molar-refractivity contribution in [2.45, 2.75) is 96.8 Å². The average molecular weight is 2170 g/mol. The minimum Gasteiger partial charge on any atom is -1.00 e. The Hall–Kier alpha value is -14.2. The van der Waals surface area contributed by atoms with Crippen LogP contribution < -0.4 is 136 Å². The van der Waals surface area contributed by atoms with Crippen molar-refractivity contribution >= 4 is 149 Å². The molecular formula is C119H113Br3FN13Na2O9. The predicted octanol–water partition coefficient (Wildman–Crippen LogP) is 8.79. The van der Waals surface area contributed by atoms with E-state index in [2.05, 4.69) is 242 Å². The van der Waals surface area contributed by atoms with Crippen molar-refractivity contribution in [3.63, 3.8) is 0 Å². The van der Waals surface area contributed by atoms with Crippen LogP contribution in [0.3, 0.4) is 0 Å². The summed E-state index contributed by atoms with van der Waals surface area (Å²) in [6.07, 6.45) is 19.5. The molecule has 22 nitrogen and oxygen atoms in total. The van der Waals surface area contributed by atoms with Gasteiger partial charge in [0.15, 0.2) is 36.8 Å². The van der Waals surface area contributed by atoms with Gasteiger partial charge in [-0.3, -0.25) is 28.8 Å². The molecule has 0 atom stereocenters. The van der Waals surface area contributed by atoms with E-state index < -0.39 is 24.5 Å². The molecule has 4 heterocycles. The molecule has 0 aromatic heterocycles. The van der Waals surface area contributed by atoms with E-state index in [4.69, 9.17) is 21.2 Å². The van der Waals surface area contributed by atoms with E-state index in [-0.39, 0.29) is 164 Å². The number of benzene rings is 13. The van der Waals surface area contributed by atoms with Gasteiger partial charge in [-0.05, 0) is 199 Å². The van der Waals surface area contributed by atoms with Crippen molar-refractivity contribution in [1.82, 2.24) is 0 Å². The Labute approximate surface area is 936 Å². The zero-order valence-corrected chi connectivity index (χ0v) is 92.7. The Kier molecular flexibility index (Phi) is 47.9. The Morgan fingerprint density at radius 1 is 0.442 bits per heavy atom. The smallest absolute Gasteiger partial charge is 1.00 e. The Morgan fingerprint density at radius 3 is 1.13 bits per heavy atom. The predicted molar refractivity (Wildman–Crippen MR) is 566 cm³/mol. The average Bonchev–Trinajstić information content (AvgIpc) is 1.57. The molecule has 28 heteroatoms. The molecule has 4 aliphatic rings. The second-order valence-electron chi connectivity index (χ2n) is 35.2. The number of anilines is 4. The summed E-state index contributed by atoms with van der Waals surface area (Å²) in [6.45, 7) is 22.9. The quantitative estimate of drug-likeness (QED) is 0.00647. The van der Waals surface area contributed by atoms with Gasteiger partial charge in [0.25, 0.3) is 12.9 Å². The third-order valence-corrected chi connectivity index (χ3v) is 25.0. The number of carboxylic acids is 2. The summed E-state index contributed by atoms with van der Waals surface area (Å²) >= 11 is 0. The second-order valence-corrected chi connectivity index (χ2v) is 35.2. The van der Waals surface area contributed by atoms with Gasteiger partial charge in [0.2, 0.25) is 17.1 Å². The van der Waals surface area contributed by atoms with Gasteiger partial charge in [0.05, 0.1) is 58.4 Å². The summed E-state index contributed by atoms with van der Waals surface area (Å²) in [6, 6.07) is 107. The minimum atomic E-state index is -1.09. The number of para-hydroxylation sites is 5. The molecule has 4 aliphatic heterocycles. The van der Waals surface area contributed by atoms with Gasteiger partial charge in [-0.15, -0.1) is 0 Å². The summed E-state index contributed by atoms with van der Waals surface area (Å²) in [7, 11) is -1.00. The largest absolute Gasteiger partial charge is 1.00 e. The van der Waals surface area contributed by atoms with Crippen molar-refractivity contribution in [2.75, 3.05) is 67.4 Å². The fourth-order valence-electron chi connectivity index (χ4n) is 18.1. The number of carboxylic acid groups (broad SMARTS) is 2. The number of aliphatic imine (C=N–C) groups is 2. The number of allylic oxidation sites excluding steroid dienone is 11. The zero-order valence-electron chi connectivity index (χ0n) is 84.9. The number of hydrogen-bond acceptors (Lipinski definition) is 18. The summed E-state index contributed by atoms with van der Waals surface area (Å²) in [4.78, 5) is 54.3.